The van der Waals surface area contributed by atoms with Crippen molar-refractivity contribution in [1.82, 2.24) is 4.98 Å². The van der Waals surface area contributed by atoms with Crippen LogP contribution in [0.15, 0.2) is 42.1 Å². The summed E-state index contributed by atoms with van der Waals surface area (Å²) in [5.41, 5.74) is 4.58. The number of rotatable bonds is 2. The van der Waals surface area contributed by atoms with Crippen LogP contribution in [0.1, 0.15) is 108 Å². The van der Waals surface area contributed by atoms with E-state index in [2.05, 4.69) is 38.8 Å². The van der Waals surface area contributed by atoms with E-state index < -0.39 is 11.4 Å². The van der Waals surface area contributed by atoms with E-state index in [9.17, 15) is 25.2 Å². The molecule has 0 bridgehead atoms. The number of fused-ring (bicyclic) bond motifs is 8. The minimum Gasteiger partial charge on any atom is -0.507 e. The third kappa shape index (κ3) is 3.44. The van der Waals surface area contributed by atoms with Crippen molar-refractivity contribution in [3.63, 3.8) is 0 Å². The molecule has 3 aromatic rings. The van der Waals surface area contributed by atoms with E-state index >= 15 is 0 Å². The minimum atomic E-state index is -0.718. The van der Waals surface area contributed by atoms with Gasteiger partial charge in [-0.15, -0.1) is 0 Å². The molecule has 228 valence electrons. The van der Waals surface area contributed by atoms with Gasteiger partial charge in [0.25, 0.3) is 0 Å². The lowest BCUT2D eigenvalue weighted by molar-refractivity contribution is -0.177. The summed E-state index contributed by atoms with van der Waals surface area (Å²) < 4.78 is 0. The highest BCUT2D eigenvalue weighted by Gasteiger charge is 2.67. The number of nitrogens with one attached hydrogen (secondary N) is 1. The molecule has 0 aliphatic heterocycles. The summed E-state index contributed by atoms with van der Waals surface area (Å²) >= 11 is 0. The zero-order valence-corrected chi connectivity index (χ0v) is 26.3. The third-order valence-electron chi connectivity index (χ3n) is 13.7. The molecule has 43 heavy (non-hydrogen) atoms. The lowest BCUT2D eigenvalue weighted by Gasteiger charge is -2.70. The quantitative estimate of drug-likeness (QED) is 0.153. The molecule has 3 saturated carbocycles. The number of carbonyl (C=O) groups is 1. The van der Waals surface area contributed by atoms with Crippen molar-refractivity contribution in [2.24, 2.45) is 27.6 Å². The standard InChI is InChI=1S/C37H45NO5/c1-20-29-21(22-19-38-24-8-7-9-25(39)30(22)24)16-27-35(4,23(29)17-26(40)31(20)41)13-15-37(6)28-18-34(3,32(42)43)11-10-33(28,2)12-14-36(27,37)5/h7-9,16-17,19,21,28,38-41H,10-15,18H2,1-6H3,(H,42,43)/t21?,28-,33?,34-,35+,36-,37+/m1/s1. The molecule has 0 spiro atoms. The predicted octanol–water partition coefficient (Wildman–Crippen LogP) is 8.42. The van der Waals surface area contributed by atoms with Crippen LogP contribution < -0.4 is 0 Å². The topological polar surface area (TPSA) is 114 Å². The molecule has 0 radical (unpaired) electrons. The fourth-order valence-corrected chi connectivity index (χ4v) is 10.6. The molecule has 7 rings (SSSR count). The van der Waals surface area contributed by atoms with Crippen LogP contribution in [0.5, 0.6) is 17.2 Å². The number of carboxylic acids is 1. The number of phenolic OH excluding ortho intramolecular Hbond substituents is 3. The van der Waals surface area contributed by atoms with Gasteiger partial charge in [0, 0.05) is 28.4 Å². The fraction of sp³-hybridized carbons (Fsp3) is 0.541. The number of aliphatic carboxylic acids is 1. The van der Waals surface area contributed by atoms with Crippen molar-refractivity contribution >= 4 is 16.9 Å². The summed E-state index contributed by atoms with van der Waals surface area (Å²) in [7, 11) is 0. The van der Waals surface area contributed by atoms with Crippen molar-refractivity contribution in [2.75, 3.05) is 0 Å². The van der Waals surface area contributed by atoms with Gasteiger partial charge in [0.05, 0.1) is 5.41 Å². The van der Waals surface area contributed by atoms with Crippen LogP contribution in [0.2, 0.25) is 0 Å². The van der Waals surface area contributed by atoms with Gasteiger partial charge in [0.1, 0.15) is 5.75 Å². The molecule has 1 heterocycles. The lowest BCUT2D eigenvalue weighted by Crippen LogP contribution is -2.62. The molecule has 4 aliphatic rings. The van der Waals surface area contributed by atoms with Crippen molar-refractivity contribution in [2.45, 2.75) is 97.8 Å². The molecule has 0 saturated heterocycles. The normalized spacial score (nSPS) is 38.4. The summed E-state index contributed by atoms with van der Waals surface area (Å²) in [5, 5.41) is 44.0. The molecule has 2 unspecified atom stereocenters. The van der Waals surface area contributed by atoms with Crippen LogP contribution in [-0.2, 0) is 10.2 Å². The Labute approximate surface area is 253 Å². The maximum atomic E-state index is 12.5. The highest BCUT2D eigenvalue weighted by atomic mass is 16.4. The summed E-state index contributed by atoms with van der Waals surface area (Å²) in [6.45, 7) is 13.4. The van der Waals surface area contributed by atoms with Crippen LogP contribution in [0, 0.1) is 34.5 Å². The largest absolute Gasteiger partial charge is 0.507 e. The van der Waals surface area contributed by atoms with E-state index in [0.717, 1.165) is 66.1 Å². The average molecular weight is 584 g/mol. The third-order valence-corrected chi connectivity index (χ3v) is 13.7. The number of aromatic amines is 1. The fourth-order valence-electron chi connectivity index (χ4n) is 10.6. The molecular weight excluding hydrogens is 538 g/mol. The number of aromatic nitrogens is 1. The van der Waals surface area contributed by atoms with Gasteiger partial charge in [-0.3, -0.25) is 4.79 Å². The van der Waals surface area contributed by atoms with Gasteiger partial charge in [-0.1, -0.05) is 45.4 Å². The number of phenols is 3. The van der Waals surface area contributed by atoms with E-state index in [4.69, 9.17) is 0 Å². The maximum absolute atomic E-state index is 12.5. The monoisotopic (exact) mass is 583 g/mol. The Morgan fingerprint density at radius 1 is 0.930 bits per heavy atom. The Morgan fingerprint density at radius 2 is 1.65 bits per heavy atom. The van der Waals surface area contributed by atoms with Gasteiger partial charge < -0.3 is 25.4 Å². The Bertz CT molecular complexity index is 1740. The molecule has 1 aromatic heterocycles. The second kappa shape index (κ2) is 8.61. The number of aromatic hydroxyl groups is 3. The second-order valence-electron chi connectivity index (χ2n) is 15.7. The SMILES string of the molecule is Cc1c(O)c(O)cc2c1C(c1c[nH]c3cccc(O)c13)C=C1[C@@]2(C)CC[C@@]2(C)[C@@H]3C[C@](C)(C(=O)O)CCC3(C)CC[C@]12C. The molecule has 6 nitrogen and oxygen atoms in total. The van der Waals surface area contributed by atoms with Crippen molar-refractivity contribution < 1.29 is 25.2 Å². The molecule has 6 heteroatoms. The van der Waals surface area contributed by atoms with Crippen LogP contribution >= 0.6 is 0 Å². The maximum Gasteiger partial charge on any atom is 0.309 e. The summed E-state index contributed by atoms with van der Waals surface area (Å²) in [6.07, 6.45) is 10.7. The molecule has 0 amide bonds. The first-order chi connectivity index (χ1) is 20.1. The van der Waals surface area contributed by atoms with E-state index in [0.29, 0.717) is 12.0 Å². The number of hydrogen-bond donors (Lipinski definition) is 5. The molecule has 3 fully saturated rings. The minimum absolute atomic E-state index is 0.0938. The predicted molar refractivity (Wildman–Crippen MR) is 168 cm³/mol. The number of carboxylic acid groups (broad SMARTS) is 1. The number of H-pyrrole nitrogens is 1. The summed E-state index contributed by atoms with van der Waals surface area (Å²) in [4.78, 5) is 15.9. The highest BCUT2D eigenvalue weighted by molar-refractivity contribution is 5.90. The van der Waals surface area contributed by atoms with Crippen molar-refractivity contribution in [1.29, 1.82) is 0 Å². The second-order valence-corrected chi connectivity index (χ2v) is 15.7. The molecule has 2 aromatic carbocycles. The van der Waals surface area contributed by atoms with E-state index in [-0.39, 0.29) is 50.7 Å². The first-order valence-corrected chi connectivity index (χ1v) is 15.9. The zero-order valence-electron chi connectivity index (χ0n) is 26.3. The molecular formula is C37H45NO5. The van der Waals surface area contributed by atoms with Gasteiger partial charge in [-0.2, -0.15) is 0 Å². The van der Waals surface area contributed by atoms with Crippen LogP contribution in [0.25, 0.3) is 10.9 Å². The van der Waals surface area contributed by atoms with E-state index in [1.54, 1.807) is 12.1 Å². The number of allylic oxidation sites excluding steroid dienone is 2. The smallest absolute Gasteiger partial charge is 0.309 e. The van der Waals surface area contributed by atoms with Gasteiger partial charge in [0.2, 0.25) is 0 Å². The van der Waals surface area contributed by atoms with E-state index in [1.165, 1.54) is 5.57 Å². The Morgan fingerprint density at radius 3 is 2.37 bits per heavy atom. The number of benzene rings is 2. The Kier molecular flexibility index (Phi) is 5.68. The summed E-state index contributed by atoms with van der Waals surface area (Å²) in [6, 6.07) is 7.29. The molecule has 4 aliphatic carbocycles. The van der Waals surface area contributed by atoms with Crippen molar-refractivity contribution in [3.8, 4) is 17.2 Å². The van der Waals surface area contributed by atoms with Gasteiger partial charge in [-0.05, 0) is 121 Å². The Balaban J connectivity index is 1.48. The van der Waals surface area contributed by atoms with Crippen LogP contribution in [0.3, 0.4) is 0 Å². The lowest BCUT2D eigenvalue weighted by atomic mass is 9.34. The van der Waals surface area contributed by atoms with Gasteiger partial charge >= 0.3 is 5.97 Å². The van der Waals surface area contributed by atoms with Crippen LogP contribution in [0.4, 0.5) is 0 Å². The zero-order chi connectivity index (χ0) is 30.9. The summed E-state index contributed by atoms with van der Waals surface area (Å²) in [5.74, 6) is -0.629. The molecule has 5 N–H and O–H groups in total. The number of hydrogen-bond acceptors (Lipinski definition) is 4. The molecule has 7 atom stereocenters. The van der Waals surface area contributed by atoms with Gasteiger partial charge in [-0.25, -0.2) is 0 Å². The average Bonchev–Trinajstić information content (AvgIpc) is 3.40. The first-order valence-electron chi connectivity index (χ1n) is 15.9. The van der Waals surface area contributed by atoms with Crippen molar-refractivity contribution in [3.05, 3.63) is 64.4 Å². The van der Waals surface area contributed by atoms with E-state index in [1.807, 2.05) is 32.2 Å². The van der Waals surface area contributed by atoms with Gasteiger partial charge in [0.15, 0.2) is 11.5 Å². The highest BCUT2D eigenvalue weighted by Crippen LogP contribution is 2.75. The Hall–Kier alpha value is -3.41. The first kappa shape index (κ1) is 28.4. The van der Waals surface area contributed by atoms with Crippen LogP contribution in [-0.4, -0.2) is 31.4 Å².